The Hall–Kier alpha value is -2.98. The summed E-state index contributed by atoms with van der Waals surface area (Å²) in [6.45, 7) is 4.89. The summed E-state index contributed by atoms with van der Waals surface area (Å²) in [5.41, 5.74) is 0.357. The van der Waals surface area contributed by atoms with E-state index in [4.69, 9.17) is 19.2 Å². The average molecular weight is 449 g/mol. The standard InChI is InChI=1S/C22H32N4O6/c1-5-32-19(27)15-23-22(29)25(11-8-13-30-3)16(2)20-24-18-10-7-6-9-17(18)21(28)26(20)12-14-31-4/h6-7,9-10,16H,5,8,11-15H2,1-4H3,(H,23,29). The van der Waals surface area contributed by atoms with Gasteiger partial charge in [-0.2, -0.15) is 0 Å². The van der Waals surface area contributed by atoms with E-state index in [0.29, 0.717) is 49.5 Å². The van der Waals surface area contributed by atoms with Gasteiger partial charge in [0, 0.05) is 27.4 Å². The minimum atomic E-state index is -0.553. The number of benzene rings is 1. The highest BCUT2D eigenvalue weighted by Gasteiger charge is 2.26. The van der Waals surface area contributed by atoms with Gasteiger partial charge < -0.3 is 24.4 Å². The molecule has 0 saturated heterocycles. The Bertz CT molecular complexity index is 961. The number of rotatable bonds is 12. The molecule has 32 heavy (non-hydrogen) atoms. The molecule has 176 valence electrons. The van der Waals surface area contributed by atoms with Crippen LogP contribution in [0.4, 0.5) is 4.79 Å². The number of hydrogen-bond acceptors (Lipinski definition) is 7. The van der Waals surface area contributed by atoms with Crippen molar-refractivity contribution in [2.24, 2.45) is 0 Å². The van der Waals surface area contributed by atoms with Crippen molar-refractivity contribution in [2.45, 2.75) is 32.9 Å². The smallest absolute Gasteiger partial charge is 0.325 e. The van der Waals surface area contributed by atoms with Gasteiger partial charge in [-0.15, -0.1) is 0 Å². The molecule has 2 amide bonds. The third kappa shape index (κ3) is 6.51. The molecule has 10 heteroatoms. The van der Waals surface area contributed by atoms with Crippen LogP contribution in [-0.4, -0.2) is 73.6 Å². The number of nitrogens with zero attached hydrogens (tertiary/aromatic N) is 3. The Morgan fingerprint density at radius 2 is 1.91 bits per heavy atom. The molecule has 10 nitrogen and oxygen atoms in total. The molecule has 0 radical (unpaired) electrons. The highest BCUT2D eigenvalue weighted by Crippen LogP contribution is 2.20. The second-order valence-electron chi connectivity index (χ2n) is 7.12. The highest BCUT2D eigenvalue weighted by molar-refractivity contribution is 5.81. The molecule has 2 aromatic rings. The predicted molar refractivity (Wildman–Crippen MR) is 120 cm³/mol. The molecule has 1 unspecified atom stereocenters. The van der Waals surface area contributed by atoms with E-state index in [1.807, 2.05) is 6.07 Å². The van der Waals surface area contributed by atoms with E-state index in [-0.39, 0.29) is 18.7 Å². The van der Waals surface area contributed by atoms with E-state index < -0.39 is 18.0 Å². The highest BCUT2D eigenvalue weighted by atomic mass is 16.5. The van der Waals surface area contributed by atoms with Crippen molar-refractivity contribution >= 4 is 22.9 Å². The Morgan fingerprint density at radius 3 is 2.59 bits per heavy atom. The molecule has 2 rings (SSSR count). The van der Waals surface area contributed by atoms with Gasteiger partial charge in [0.15, 0.2) is 0 Å². The van der Waals surface area contributed by atoms with Crippen LogP contribution >= 0.6 is 0 Å². The minimum Gasteiger partial charge on any atom is -0.465 e. The number of fused-ring (bicyclic) bond motifs is 1. The second-order valence-corrected chi connectivity index (χ2v) is 7.12. The predicted octanol–water partition coefficient (Wildman–Crippen LogP) is 1.72. The van der Waals surface area contributed by atoms with Crippen LogP contribution in [0.15, 0.2) is 29.1 Å². The second kappa shape index (κ2) is 12.8. The van der Waals surface area contributed by atoms with Crippen LogP contribution in [0.3, 0.4) is 0 Å². The molecule has 1 aromatic heterocycles. The summed E-state index contributed by atoms with van der Waals surface area (Å²) in [4.78, 5) is 44.1. The fourth-order valence-corrected chi connectivity index (χ4v) is 3.35. The van der Waals surface area contributed by atoms with Crippen molar-refractivity contribution in [1.29, 1.82) is 0 Å². The molecule has 1 atom stereocenters. The van der Waals surface area contributed by atoms with Crippen LogP contribution in [0.1, 0.15) is 32.1 Å². The first kappa shape index (κ1) is 25.3. The molecule has 0 aliphatic heterocycles. The quantitative estimate of drug-likeness (QED) is 0.389. The Balaban J connectivity index is 2.41. The van der Waals surface area contributed by atoms with Gasteiger partial charge in [-0.1, -0.05) is 12.1 Å². The van der Waals surface area contributed by atoms with Crippen molar-refractivity contribution in [3.63, 3.8) is 0 Å². The van der Waals surface area contributed by atoms with E-state index in [2.05, 4.69) is 5.32 Å². The van der Waals surface area contributed by atoms with Gasteiger partial charge in [-0.05, 0) is 32.4 Å². The number of aromatic nitrogens is 2. The number of ether oxygens (including phenoxy) is 3. The van der Waals surface area contributed by atoms with Gasteiger partial charge in [-0.25, -0.2) is 9.78 Å². The number of methoxy groups -OCH3 is 2. The van der Waals surface area contributed by atoms with Crippen LogP contribution in [0.5, 0.6) is 0 Å². The molecule has 0 fully saturated rings. The molecule has 0 aliphatic rings. The largest absolute Gasteiger partial charge is 0.465 e. The Morgan fingerprint density at radius 1 is 1.19 bits per heavy atom. The monoisotopic (exact) mass is 448 g/mol. The van der Waals surface area contributed by atoms with Crippen molar-refractivity contribution in [3.8, 4) is 0 Å². The lowest BCUT2D eigenvalue weighted by molar-refractivity contribution is -0.141. The molecule has 0 aliphatic carbocycles. The van der Waals surface area contributed by atoms with E-state index in [9.17, 15) is 14.4 Å². The third-order valence-electron chi connectivity index (χ3n) is 4.95. The molecular weight excluding hydrogens is 416 g/mol. The van der Waals surface area contributed by atoms with Gasteiger partial charge in [-0.3, -0.25) is 14.2 Å². The first-order valence-corrected chi connectivity index (χ1v) is 10.6. The molecular formula is C22H32N4O6. The maximum atomic E-state index is 13.2. The Labute approximate surface area is 187 Å². The van der Waals surface area contributed by atoms with Crippen LogP contribution in [0.2, 0.25) is 0 Å². The summed E-state index contributed by atoms with van der Waals surface area (Å²) in [6.07, 6.45) is 0.573. The van der Waals surface area contributed by atoms with E-state index in [1.165, 1.54) is 4.90 Å². The lowest BCUT2D eigenvalue weighted by atomic mass is 10.2. The lowest BCUT2D eigenvalue weighted by Crippen LogP contribution is -2.45. The number of para-hydroxylation sites is 1. The molecule has 0 saturated carbocycles. The summed E-state index contributed by atoms with van der Waals surface area (Å²) < 4.78 is 16.7. The van der Waals surface area contributed by atoms with E-state index in [0.717, 1.165) is 0 Å². The lowest BCUT2D eigenvalue weighted by Gasteiger charge is -2.30. The molecule has 1 aromatic carbocycles. The fraction of sp³-hybridized carbons (Fsp3) is 0.545. The average Bonchev–Trinajstić information content (AvgIpc) is 2.79. The summed E-state index contributed by atoms with van der Waals surface area (Å²) in [7, 11) is 3.14. The van der Waals surface area contributed by atoms with Crippen molar-refractivity contribution < 1.29 is 23.8 Å². The number of carbonyl (C=O) groups is 2. The topological polar surface area (TPSA) is 112 Å². The number of hydrogen-bond donors (Lipinski definition) is 1. The van der Waals surface area contributed by atoms with E-state index >= 15 is 0 Å². The fourth-order valence-electron chi connectivity index (χ4n) is 3.35. The first-order valence-electron chi connectivity index (χ1n) is 10.6. The zero-order valence-electron chi connectivity index (χ0n) is 19.1. The van der Waals surface area contributed by atoms with Crippen molar-refractivity contribution in [2.75, 3.05) is 47.1 Å². The number of esters is 1. The first-order chi connectivity index (χ1) is 15.4. The van der Waals surface area contributed by atoms with Gasteiger partial charge in [0.2, 0.25) is 0 Å². The molecule has 0 spiro atoms. The van der Waals surface area contributed by atoms with Gasteiger partial charge in [0.1, 0.15) is 12.4 Å². The van der Waals surface area contributed by atoms with Crippen LogP contribution in [-0.2, 0) is 25.5 Å². The van der Waals surface area contributed by atoms with Crippen LogP contribution in [0, 0.1) is 0 Å². The zero-order valence-corrected chi connectivity index (χ0v) is 19.1. The van der Waals surface area contributed by atoms with Gasteiger partial charge in [0.25, 0.3) is 5.56 Å². The minimum absolute atomic E-state index is 0.196. The molecule has 1 heterocycles. The van der Waals surface area contributed by atoms with E-state index in [1.54, 1.807) is 50.8 Å². The number of nitrogens with one attached hydrogen (secondary N) is 1. The Kier molecular flexibility index (Phi) is 10.1. The summed E-state index contributed by atoms with van der Waals surface area (Å²) in [5.74, 6) is -0.0828. The van der Waals surface area contributed by atoms with Crippen LogP contribution in [0.25, 0.3) is 10.9 Å². The summed E-state index contributed by atoms with van der Waals surface area (Å²) >= 11 is 0. The third-order valence-corrected chi connectivity index (χ3v) is 4.95. The number of urea groups is 1. The summed E-state index contributed by atoms with van der Waals surface area (Å²) in [5, 5.41) is 3.09. The van der Waals surface area contributed by atoms with Crippen LogP contribution < -0.4 is 10.9 Å². The zero-order chi connectivity index (χ0) is 23.5. The molecule has 0 bridgehead atoms. The van der Waals surface area contributed by atoms with Crippen molar-refractivity contribution in [3.05, 3.63) is 40.4 Å². The normalized spacial score (nSPS) is 11.9. The van der Waals surface area contributed by atoms with Gasteiger partial charge in [0.05, 0.1) is 36.7 Å². The summed E-state index contributed by atoms with van der Waals surface area (Å²) in [6, 6.07) is 6.08. The SMILES string of the molecule is CCOC(=O)CNC(=O)N(CCCOC)C(C)c1nc2ccccc2c(=O)n1CCOC. The maximum Gasteiger partial charge on any atom is 0.325 e. The van der Waals surface area contributed by atoms with Crippen molar-refractivity contribution in [1.82, 2.24) is 19.8 Å². The number of amides is 2. The van der Waals surface area contributed by atoms with Gasteiger partial charge >= 0.3 is 12.0 Å². The number of carbonyl (C=O) groups excluding carboxylic acids is 2. The maximum absolute atomic E-state index is 13.2. The molecule has 1 N–H and O–H groups in total.